The third kappa shape index (κ3) is 3.13. The first kappa shape index (κ1) is 14.2. The summed E-state index contributed by atoms with van der Waals surface area (Å²) in [6.07, 6.45) is 7.39. The number of pyridine rings is 1. The van der Waals surface area contributed by atoms with Gasteiger partial charge in [-0.25, -0.2) is 0 Å². The minimum Gasteiger partial charge on any atom is -0.300 e. The van der Waals surface area contributed by atoms with E-state index in [1.165, 1.54) is 11.3 Å². The monoisotopic (exact) mass is 287 g/mol. The Hall–Kier alpha value is -1.75. The zero-order chi connectivity index (χ0) is 14.7. The van der Waals surface area contributed by atoms with Crippen LogP contribution in [0.5, 0.6) is 0 Å². The van der Waals surface area contributed by atoms with E-state index in [9.17, 15) is 9.59 Å². The Balaban J connectivity index is 1.60. The number of amides is 2. The third-order valence-corrected chi connectivity index (χ3v) is 4.38. The molecule has 2 amide bonds. The van der Waals surface area contributed by atoms with E-state index < -0.39 is 0 Å². The first-order valence-electron chi connectivity index (χ1n) is 7.75. The molecule has 1 aromatic heterocycles. The highest BCUT2D eigenvalue weighted by atomic mass is 16.2. The molecule has 21 heavy (non-hydrogen) atoms. The van der Waals surface area contributed by atoms with Crippen molar-refractivity contribution in [1.82, 2.24) is 15.2 Å². The first-order chi connectivity index (χ1) is 10.3. The molecule has 5 nitrogen and oxygen atoms in total. The highest BCUT2D eigenvalue weighted by molar-refractivity contribution is 6.05. The number of hydrogen-bond acceptors (Lipinski definition) is 4. The van der Waals surface area contributed by atoms with Crippen LogP contribution in [0.3, 0.4) is 0 Å². The summed E-state index contributed by atoms with van der Waals surface area (Å²) >= 11 is 0. The van der Waals surface area contributed by atoms with E-state index in [1.807, 2.05) is 18.2 Å². The Bertz CT molecular complexity index is 512. The lowest BCUT2D eigenvalue weighted by atomic mass is 9.94. The Kier molecular flexibility index (Phi) is 4.29. The molecule has 0 radical (unpaired) electrons. The topological polar surface area (TPSA) is 62.3 Å². The van der Waals surface area contributed by atoms with Gasteiger partial charge in [-0.3, -0.25) is 24.8 Å². The summed E-state index contributed by atoms with van der Waals surface area (Å²) in [6, 6.07) is 5.42. The molecule has 3 rings (SSSR count). The molecule has 2 fully saturated rings. The second kappa shape index (κ2) is 6.35. The summed E-state index contributed by atoms with van der Waals surface area (Å²) in [6.45, 7) is 0.517. The molecule has 5 heteroatoms. The van der Waals surface area contributed by atoms with Crippen LogP contribution in [0.2, 0.25) is 0 Å². The maximum atomic E-state index is 12.5. The molecular weight excluding hydrogens is 266 g/mol. The highest BCUT2D eigenvalue weighted by Gasteiger charge is 2.42. The van der Waals surface area contributed by atoms with Crippen molar-refractivity contribution in [2.45, 2.75) is 57.2 Å². The van der Waals surface area contributed by atoms with Crippen molar-refractivity contribution in [1.29, 1.82) is 0 Å². The largest absolute Gasteiger partial charge is 0.300 e. The summed E-state index contributed by atoms with van der Waals surface area (Å²) in [5.74, 6) is -0.0757. The average molecular weight is 287 g/mol. The molecule has 0 spiro atoms. The van der Waals surface area contributed by atoms with Crippen molar-refractivity contribution in [3.8, 4) is 0 Å². The Morgan fingerprint density at radius 2 is 2.00 bits per heavy atom. The molecule has 2 aliphatic rings. The highest BCUT2D eigenvalue weighted by Crippen LogP contribution is 2.27. The van der Waals surface area contributed by atoms with E-state index >= 15 is 0 Å². The van der Waals surface area contributed by atoms with E-state index in [0.29, 0.717) is 6.54 Å². The van der Waals surface area contributed by atoms with Gasteiger partial charge < -0.3 is 0 Å². The molecular formula is C16H21N3O2. The van der Waals surface area contributed by atoms with Crippen LogP contribution in [0.4, 0.5) is 0 Å². The number of imide groups is 1. The molecule has 0 bridgehead atoms. The van der Waals surface area contributed by atoms with Crippen molar-refractivity contribution in [3.63, 3.8) is 0 Å². The van der Waals surface area contributed by atoms with Crippen LogP contribution >= 0.6 is 0 Å². The van der Waals surface area contributed by atoms with Crippen LogP contribution in [0.25, 0.3) is 0 Å². The first-order valence-corrected chi connectivity index (χ1v) is 7.75. The van der Waals surface area contributed by atoms with Gasteiger partial charge in [-0.1, -0.05) is 25.3 Å². The van der Waals surface area contributed by atoms with Crippen LogP contribution < -0.4 is 5.32 Å². The summed E-state index contributed by atoms with van der Waals surface area (Å²) in [5, 5.41) is 3.17. The molecule has 1 atom stereocenters. The lowest BCUT2D eigenvalue weighted by molar-refractivity contribution is -0.142. The second-order valence-electron chi connectivity index (χ2n) is 5.85. The SMILES string of the molecule is O=C1CC(NCc2ccccn2)C(=O)N1C1CCCCC1. The van der Waals surface area contributed by atoms with Gasteiger partial charge in [0.1, 0.15) is 0 Å². The van der Waals surface area contributed by atoms with Gasteiger partial charge in [0.25, 0.3) is 0 Å². The molecule has 1 aliphatic carbocycles. The van der Waals surface area contributed by atoms with Gasteiger partial charge in [0.15, 0.2) is 0 Å². The Morgan fingerprint density at radius 3 is 2.71 bits per heavy atom. The lowest BCUT2D eigenvalue weighted by Gasteiger charge is -2.29. The van der Waals surface area contributed by atoms with Gasteiger partial charge in [0.2, 0.25) is 11.8 Å². The second-order valence-corrected chi connectivity index (χ2v) is 5.85. The predicted molar refractivity (Wildman–Crippen MR) is 78.2 cm³/mol. The molecule has 0 aromatic carbocycles. The minimum absolute atomic E-state index is 0.0228. The van der Waals surface area contributed by atoms with Crippen LogP contribution in [0, 0.1) is 0 Å². The summed E-state index contributed by atoms with van der Waals surface area (Å²) in [7, 11) is 0. The average Bonchev–Trinajstić information content (AvgIpc) is 2.81. The third-order valence-electron chi connectivity index (χ3n) is 4.38. The van der Waals surface area contributed by atoms with Crippen molar-refractivity contribution < 1.29 is 9.59 Å². The molecule has 1 saturated carbocycles. The normalized spacial score (nSPS) is 23.8. The van der Waals surface area contributed by atoms with Gasteiger partial charge >= 0.3 is 0 Å². The van der Waals surface area contributed by atoms with E-state index in [4.69, 9.17) is 0 Å². The number of carbonyl (C=O) groups excluding carboxylic acids is 2. The van der Waals surface area contributed by atoms with Gasteiger partial charge in [-0.15, -0.1) is 0 Å². The summed E-state index contributed by atoms with van der Waals surface area (Å²) in [5.41, 5.74) is 0.883. The number of likely N-dealkylation sites (tertiary alicyclic amines) is 1. The quantitative estimate of drug-likeness (QED) is 0.855. The van der Waals surface area contributed by atoms with Crippen LogP contribution in [0.1, 0.15) is 44.2 Å². The number of hydrogen-bond donors (Lipinski definition) is 1. The van der Waals surface area contributed by atoms with Crippen LogP contribution in [-0.4, -0.2) is 33.8 Å². The number of rotatable bonds is 4. The van der Waals surface area contributed by atoms with E-state index in [-0.39, 0.29) is 30.3 Å². The number of nitrogens with one attached hydrogen (secondary N) is 1. The molecule has 1 N–H and O–H groups in total. The van der Waals surface area contributed by atoms with Crippen molar-refractivity contribution in [2.75, 3.05) is 0 Å². The molecule has 1 saturated heterocycles. The zero-order valence-corrected chi connectivity index (χ0v) is 12.1. The number of nitrogens with zero attached hydrogens (tertiary/aromatic N) is 2. The minimum atomic E-state index is -0.388. The van der Waals surface area contributed by atoms with E-state index in [0.717, 1.165) is 31.4 Å². The molecule has 1 aliphatic heterocycles. The van der Waals surface area contributed by atoms with Gasteiger partial charge in [0, 0.05) is 18.8 Å². The maximum absolute atomic E-state index is 12.5. The van der Waals surface area contributed by atoms with Crippen molar-refractivity contribution >= 4 is 11.8 Å². The van der Waals surface area contributed by atoms with Crippen molar-refractivity contribution in [3.05, 3.63) is 30.1 Å². The van der Waals surface area contributed by atoms with Gasteiger partial charge in [-0.2, -0.15) is 0 Å². The fourth-order valence-corrected chi connectivity index (χ4v) is 3.26. The standard InChI is InChI=1S/C16H21N3O2/c20-15-10-14(18-11-12-6-4-5-9-17-12)16(21)19(15)13-7-2-1-3-8-13/h4-6,9,13-14,18H,1-3,7-8,10-11H2. The van der Waals surface area contributed by atoms with Crippen LogP contribution in [-0.2, 0) is 16.1 Å². The van der Waals surface area contributed by atoms with Crippen molar-refractivity contribution in [2.24, 2.45) is 0 Å². The molecule has 1 aromatic rings. The molecule has 2 heterocycles. The fraction of sp³-hybridized carbons (Fsp3) is 0.562. The maximum Gasteiger partial charge on any atom is 0.247 e. The smallest absolute Gasteiger partial charge is 0.247 e. The molecule has 1 unspecified atom stereocenters. The van der Waals surface area contributed by atoms with E-state index in [1.54, 1.807) is 6.20 Å². The lowest BCUT2D eigenvalue weighted by Crippen LogP contribution is -2.44. The Morgan fingerprint density at radius 1 is 1.19 bits per heavy atom. The Labute approximate surface area is 124 Å². The predicted octanol–water partition coefficient (Wildman–Crippen LogP) is 1.63. The number of carbonyl (C=O) groups is 2. The van der Waals surface area contributed by atoms with Gasteiger partial charge in [0.05, 0.1) is 18.2 Å². The van der Waals surface area contributed by atoms with E-state index in [2.05, 4.69) is 10.3 Å². The fourth-order valence-electron chi connectivity index (χ4n) is 3.26. The molecule has 112 valence electrons. The van der Waals surface area contributed by atoms with Crippen LogP contribution in [0.15, 0.2) is 24.4 Å². The number of aromatic nitrogens is 1. The summed E-state index contributed by atoms with van der Waals surface area (Å²) < 4.78 is 0. The zero-order valence-electron chi connectivity index (χ0n) is 12.1. The summed E-state index contributed by atoms with van der Waals surface area (Å²) in [4.78, 5) is 30.4. The van der Waals surface area contributed by atoms with Gasteiger partial charge in [-0.05, 0) is 25.0 Å².